The molecule has 0 aliphatic heterocycles. The van der Waals surface area contributed by atoms with Gasteiger partial charge in [0.15, 0.2) is 0 Å². The van der Waals surface area contributed by atoms with E-state index in [0.717, 1.165) is 14.7 Å². The Morgan fingerprint density at radius 1 is 1.45 bits per heavy atom. The zero-order valence-electron chi connectivity index (χ0n) is 5.41. The molecule has 0 bridgehead atoms. The average molecular weight is 230 g/mol. The van der Waals surface area contributed by atoms with E-state index in [2.05, 4.69) is 25.5 Å². The standard InChI is InChI=1S/C6H4BrN3S/c7-5-3(8)1-2-4-6(5)9-10-11-4/h1-2H,8H2. The molecule has 1 heterocycles. The summed E-state index contributed by atoms with van der Waals surface area (Å²) in [7, 11) is 0. The molecule has 5 heteroatoms. The quantitative estimate of drug-likeness (QED) is 0.704. The summed E-state index contributed by atoms with van der Waals surface area (Å²) in [5.74, 6) is 0. The highest BCUT2D eigenvalue weighted by atomic mass is 79.9. The number of rotatable bonds is 0. The lowest BCUT2D eigenvalue weighted by Gasteiger charge is -1.95. The zero-order chi connectivity index (χ0) is 7.84. The van der Waals surface area contributed by atoms with E-state index in [9.17, 15) is 0 Å². The monoisotopic (exact) mass is 229 g/mol. The third kappa shape index (κ3) is 1.00. The van der Waals surface area contributed by atoms with E-state index in [1.165, 1.54) is 11.5 Å². The van der Waals surface area contributed by atoms with Crippen molar-refractivity contribution in [2.24, 2.45) is 0 Å². The number of anilines is 1. The van der Waals surface area contributed by atoms with Crippen molar-refractivity contribution in [1.82, 2.24) is 9.59 Å². The summed E-state index contributed by atoms with van der Waals surface area (Å²) in [6, 6.07) is 3.76. The van der Waals surface area contributed by atoms with Crippen LogP contribution in [0.4, 0.5) is 5.69 Å². The van der Waals surface area contributed by atoms with Crippen LogP contribution in [0.1, 0.15) is 0 Å². The van der Waals surface area contributed by atoms with Gasteiger partial charge in [-0.3, -0.25) is 0 Å². The lowest BCUT2D eigenvalue weighted by molar-refractivity contribution is 1.20. The molecule has 0 saturated heterocycles. The Morgan fingerprint density at radius 2 is 2.27 bits per heavy atom. The van der Waals surface area contributed by atoms with Crippen molar-refractivity contribution in [3.63, 3.8) is 0 Å². The van der Waals surface area contributed by atoms with E-state index in [4.69, 9.17) is 5.73 Å². The van der Waals surface area contributed by atoms with Crippen LogP contribution in [0.2, 0.25) is 0 Å². The molecule has 56 valence electrons. The predicted octanol–water partition coefficient (Wildman–Crippen LogP) is 2.04. The molecular weight excluding hydrogens is 226 g/mol. The minimum Gasteiger partial charge on any atom is -0.398 e. The van der Waals surface area contributed by atoms with Gasteiger partial charge in [0.1, 0.15) is 5.52 Å². The fourth-order valence-electron chi connectivity index (χ4n) is 0.835. The van der Waals surface area contributed by atoms with Gasteiger partial charge in [-0.25, -0.2) is 0 Å². The van der Waals surface area contributed by atoms with Crippen LogP contribution < -0.4 is 5.73 Å². The fraction of sp³-hybridized carbons (Fsp3) is 0. The number of aromatic nitrogens is 2. The summed E-state index contributed by atoms with van der Waals surface area (Å²) in [6.45, 7) is 0. The normalized spacial score (nSPS) is 10.6. The van der Waals surface area contributed by atoms with Crippen LogP contribution in [0.3, 0.4) is 0 Å². The van der Waals surface area contributed by atoms with Crippen molar-refractivity contribution in [1.29, 1.82) is 0 Å². The first kappa shape index (κ1) is 7.00. The van der Waals surface area contributed by atoms with Crippen molar-refractivity contribution >= 4 is 43.4 Å². The highest BCUT2D eigenvalue weighted by Crippen LogP contribution is 2.29. The summed E-state index contributed by atoms with van der Waals surface area (Å²) in [4.78, 5) is 0. The van der Waals surface area contributed by atoms with Gasteiger partial charge in [-0.15, -0.1) is 5.10 Å². The second-order valence-corrected chi connectivity index (χ2v) is 3.67. The maximum Gasteiger partial charge on any atom is 0.122 e. The van der Waals surface area contributed by atoms with Gasteiger partial charge < -0.3 is 5.73 Å². The van der Waals surface area contributed by atoms with Crippen LogP contribution in [0.25, 0.3) is 10.2 Å². The van der Waals surface area contributed by atoms with Crippen LogP contribution in [-0.4, -0.2) is 9.59 Å². The van der Waals surface area contributed by atoms with E-state index in [0.29, 0.717) is 5.69 Å². The van der Waals surface area contributed by atoms with Crippen molar-refractivity contribution in [2.75, 3.05) is 5.73 Å². The molecule has 11 heavy (non-hydrogen) atoms. The van der Waals surface area contributed by atoms with Crippen molar-refractivity contribution in [3.8, 4) is 0 Å². The van der Waals surface area contributed by atoms with E-state index < -0.39 is 0 Å². The van der Waals surface area contributed by atoms with Gasteiger partial charge in [0, 0.05) is 5.69 Å². The Morgan fingerprint density at radius 3 is 3.09 bits per heavy atom. The van der Waals surface area contributed by atoms with Crippen molar-refractivity contribution in [2.45, 2.75) is 0 Å². The molecular formula is C6H4BrN3S. The maximum atomic E-state index is 5.64. The van der Waals surface area contributed by atoms with Crippen LogP contribution in [0.5, 0.6) is 0 Å². The Hall–Kier alpha value is -0.680. The smallest absolute Gasteiger partial charge is 0.122 e. The van der Waals surface area contributed by atoms with E-state index in [1.807, 2.05) is 12.1 Å². The number of nitrogens with zero attached hydrogens (tertiary/aromatic N) is 2. The molecule has 0 unspecified atom stereocenters. The molecule has 1 aromatic heterocycles. The molecule has 2 rings (SSSR count). The number of nitrogens with two attached hydrogens (primary N) is 1. The van der Waals surface area contributed by atoms with Crippen LogP contribution >= 0.6 is 27.5 Å². The Bertz CT molecular complexity index is 398. The summed E-state index contributed by atoms with van der Waals surface area (Å²) in [5, 5.41) is 3.92. The first-order valence-corrected chi connectivity index (χ1v) is 4.52. The molecule has 1 aromatic carbocycles. The molecule has 0 saturated carbocycles. The second kappa shape index (κ2) is 2.42. The lowest BCUT2D eigenvalue weighted by atomic mass is 10.3. The first-order chi connectivity index (χ1) is 5.29. The summed E-state index contributed by atoms with van der Waals surface area (Å²) in [5.41, 5.74) is 7.18. The van der Waals surface area contributed by atoms with E-state index in [1.54, 1.807) is 0 Å². The van der Waals surface area contributed by atoms with Gasteiger partial charge in [-0.2, -0.15) is 0 Å². The maximum absolute atomic E-state index is 5.64. The molecule has 0 aliphatic carbocycles. The van der Waals surface area contributed by atoms with E-state index in [-0.39, 0.29) is 0 Å². The molecule has 3 nitrogen and oxygen atoms in total. The molecule has 2 N–H and O–H groups in total. The number of fused-ring (bicyclic) bond motifs is 1. The van der Waals surface area contributed by atoms with Gasteiger partial charge in [0.05, 0.1) is 9.17 Å². The fourth-order valence-corrected chi connectivity index (χ4v) is 1.96. The van der Waals surface area contributed by atoms with Gasteiger partial charge in [0.2, 0.25) is 0 Å². The van der Waals surface area contributed by atoms with Gasteiger partial charge in [-0.05, 0) is 39.6 Å². The van der Waals surface area contributed by atoms with Crippen LogP contribution in [0.15, 0.2) is 16.6 Å². The number of hydrogen-bond donors (Lipinski definition) is 1. The number of halogens is 1. The highest BCUT2D eigenvalue weighted by molar-refractivity contribution is 9.10. The topological polar surface area (TPSA) is 51.8 Å². The Labute approximate surface area is 75.5 Å². The van der Waals surface area contributed by atoms with Crippen molar-refractivity contribution in [3.05, 3.63) is 16.6 Å². The number of nitrogen functional groups attached to an aromatic ring is 1. The largest absolute Gasteiger partial charge is 0.398 e. The van der Waals surface area contributed by atoms with Crippen molar-refractivity contribution < 1.29 is 0 Å². The van der Waals surface area contributed by atoms with E-state index >= 15 is 0 Å². The van der Waals surface area contributed by atoms with Gasteiger partial charge in [-0.1, -0.05) is 4.49 Å². The second-order valence-electron chi connectivity index (χ2n) is 2.09. The molecule has 0 atom stereocenters. The molecule has 2 aromatic rings. The third-order valence-corrected chi connectivity index (χ3v) is 2.91. The third-order valence-electron chi connectivity index (χ3n) is 1.39. The summed E-state index contributed by atoms with van der Waals surface area (Å²) in [6.07, 6.45) is 0. The van der Waals surface area contributed by atoms with Gasteiger partial charge >= 0.3 is 0 Å². The summed E-state index contributed by atoms with van der Waals surface area (Å²) < 4.78 is 5.69. The average Bonchev–Trinajstić information content (AvgIpc) is 2.45. The molecule has 0 fully saturated rings. The minimum atomic E-state index is 0.699. The Kier molecular flexibility index (Phi) is 1.54. The van der Waals surface area contributed by atoms with Crippen LogP contribution in [-0.2, 0) is 0 Å². The van der Waals surface area contributed by atoms with Gasteiger partial charge in [0.25, 0.3) is 0 Å². The minimum absolute atomic E-state index is 0.699. The zero-order valence-corrected chi connectivity index (χ0v) is 7.82. The number of benzene rings is 1. The first-order valence-electron chi connectivity index (χ1n) is 2.95. The number of hydrogen-bond acceptors (Lipinski definition) is 4. The molecule has 0 radical (unpaired) electrons. The Balaban J connectivity index is 2.93. The highest BCUT2D eigenvalue weighted by Gasteiger charge is 2.04. The molecule has 0 aliphatic rings. The predicted molar refractivity (Wildman–Crippen MR) is 49.5 cm³/mol. The molecule has 0 amide bonds. The summed E-state index contributed by atoms with van der Waals surface area (Å²) >= 11 is 4.70. The molecule has 0 spiro atoms. The lowest BCUT2D eigenvalue weighted by Crippen LogP contribution is -1.85. The van der Waals surface area contributed by atoms with Crippen LogP contribution in [0, 0.1) is 0 Å². The SMILES string of the molecule is Nc1ccc2snnc2c1Br.